The summed E-state index contributed by atoms with van der Waals surface area (Å²) in [6, 6.07) is 0.291. The SMILES string of the molecule is CC(C)C[C@H](N)C(=O)N1CCC(N2CCOCC2)CC1. The Labute approximate surface area is 122 Å². The third-order valence-corrected chi connectivity index (χ3v) is 4.38. The van der Waals surface area contributed by atoms with Crippen LogP contribution < -0.4 is 5.73 Å². The molecule has 116 valence electrons. The van der Waals surface area contributed by atoms with Crippen LogP contribution in [0.2, 0.25) is 0 Å². The van der Waals surface area contributed by atoms with Gasteiger partial charge in [0.15, 0.2) is 0 Å². The number of ether oxygens (including phenoxy) is 1. The number of hydrogen-bond donors (Lipinski definition) is 1. The lowest BCUT2D eigenvalue weighted by Crippen LogP contribution is -2.52. The van der Waals surface area contributed by atoms with Gasteiger partial charge in [-0.15, -0.1) is 0 Å². The molecule has 0 bridgehead atoms. The van der Waals surface area contributed by atoms with Crippen LogP contribution in [0.15, 0.2) is 0 Å². The Morgan fingerprint density at radius 3 is 2.35 bits per heavy atom. The van der Waals surface area contributed by atoms with Crippen molar-refractivity contribution in [2.45, 2.75) is 45.2 Å². The molecular formula is C15H29N3O2. The summed E-state index contributed by atoms with van der Waals surface area (Å²) in [5.41, 5.74) is 6.01. The van der Waals surface area contributed by atoms with Gasteiger partial charge < -0.3 is 15.4 Å². The Kier molecular flexibility index (Phi) is 5.81. The molecule has 5 heteroatoms. The van der Waals surface area contributed by atoms with Crippen LogP contribution in [0.3, 0.4) is 0 Å². The number of nitrogens with two attached hydrogens (primary N) is 1. The normalized spacial score (nSPS) is 24.1. The number of rotatable bonds is 4. The molecule has 2 N–H and O–H groups in total. The molecule has 0 aromatic rings. The molecule has 0 saturated carbocycles. The number of nitrogens with zero attached hydrogens (tertiary/aromatic N) is 2. The summed E-state index contributed by atoms with van der Waals surface area (Å²) in [5.74, 6) is 0.610. The van der Waals surface area contributed by atoms with Crippen molar-refractivity contribution in [3.05, 3.63) is 0 Å². The van der Waals surface area contributed by atoms with Crippen LogP contribution in [0.4, 0.5) is 0 Å². The van der Waals surface area contributed by atoms with Crippen molar-refractivity contribution < 1.29 is 9.53 Å². The minimum atomic E-state index is -0.324. The van der Waals surface area contributed by atoms with Crippen molar-refractivity contribution in [3.63, 3.8) is 0 Å². The highest BCUT2D eigenvalue weighted by atomic mass is 16.5. The maximum absolute atomic E-state index is 12.3. The van der Waals surface area contributed by atoms with Gasteiger partial charge >= 0.3 is 0 Å². The summed E-state index contributed by atoms with van der Waals surface area (Å²) in [6.45, 7) is 9.68. The van der Waals surface area contributed by atoms with E-state index in [0.29, 0.717) is 12.0 Å². The maximum atomic E-state index is 12.3. The summed E-state index contributed by atoms with van der Waals surface area (Å²) in [5, 5.41) is 0. The van der Waals surface area contributed by atoms with Gasteiger partial charge in [-0.3, -0.25) is 9.69 Å². The zero-order valence-electron chi connectivity index (χ0n) is 12.9. The average Bonchev–Trinajstić information content (AvgIpc) is 2.47. The summed E-state index contributed by atoms with van der Waals surface area (Å²) in [6.07, 6.45) is 2.92. The zero-order chi connectivity index (χ0) is 14.5. The van der Waals surface area contributed by atoms with Crippen LogP contribution in [0.5, 0.6) is 0 Å². The standard InChI is InChI=1S/C15H29N3O2/c1-12(2)11-14(16)15(19)18-5-3-13(4-6-18)17-7-9-20-10-8-17/h12-14H,3-11,16H2,1-2H3/t14-/m0/s1. The highest BCUT2D eigenvalue weighted by Crippen LogP contribution is 2.19. The highest BCUT2D eigenvalue weighted by molar-refractivity contribution is 5.81. The van der Waals surface area contributed by atoms with Crippen LogP contribution in [0.25, 0.3) is 0 Å². The van der Waals surface area contributed by atoms with Gasteiger partial charge in [0.1, 0.15) is 0 Å². The van der Waals surface area contributed by atoms with Crippen LogP contribution >= 0.6 is 0 Å². The topological polar surface area (TPSA) is 58.8 Å². The molecule has 2 saturated heterocycles. The smallest absolute Gasteiger partial charge is 0.239 e. The van der Waals surface area contributed by atoms with E-state index in [2.05, 4.69) is 18.7 Å². The molecule has 2 aliphatic heterocycles. The van der Waals surface area contributed by atoms with Crippen LogP contribution in [-0.2, 0) is 9.53 Å². The second-order valence-corrected chi connectivity index (χ2v) is 6.44. The minimum Gasteiger partial charge on any atom is -0.379 e. The van der Waals surface area contributed by atoms with E-state index in [9.17, 15) is 4.79 Å². The van der Waals surface area contributed by atoms with E-state index in [1.165, 1.54) is 0 Å². The molecule has 1 atom stereocenters. The van der Waals surface area contributed by atoms with E-state index in [0.717, 1.165) is 58.7 Å². The zero-order valence-corrected chi connectivity index (χ0v) is 12.9. The van der Waals surface area contributed by atoms with Gasteiger partial charge in [0.05, 0.1) is 19.3 Å². The van der Waals surface area contributed by atoms with Gasteiger partial charge in [0, 0.05) is 32.2 Å². The lowest BCUT2D eigenvalue weighted by atomic mass is 9.99. The van der Waals surface area contributed by atoms with Crippen molar-refractivity contribution in [1.82, 2.24) is 9.80 Å². The van der Waals surface area contributed by atoms with Crippen molar-refractivity contribution in [2.75, 3.05) is 39.4 Å². The van der Waals surface area contributed by atoms with E-state index in [4.69, 9.17) is 10.5 Å². The Bertz CT molecular complexity index is 308. The van der Waals surface area contributed by atoms with Gasteiger partial charge in [-0.1, -0.05) is 13.8 Å². The first kappa shape index (κ1) is 15.7. The van der Waals surface area contributed by atoms with Crippen molar-refractivity contribution in [3.8, 4) is 0 Å². The summed E-state index contributed by atoms with van der Waals surface area (Å²) >= 11 is 0. The molecule has 0 aliphatic carbocycles. The molecule has 0 spiro atoms. The molecule has 0 aromatic carbocycles. The molecule has 2 heterocycles. The number of amides is 1. The quantitative estimate of drug-likeness (QED) is 0.824. The second-order valence-electron chi connectivity index (χ2n) is 6.44. The summed E-state index contributed by atoms with van der Waals surface area (Å²) in [7, 11) is 0. The molecule has 20 heavy (non-hydrogen) atoms. The van der Waals surface area contributed by atoms with E-state index in [1.807, 2.05) is 4.90 Å². The maximum Gasteiger partial charge on any atom is 0.239 e. The Morgan fingerprint density at radius 1 is 1.20 bits per heavy atom. The van der Waals surface area contributed by atoms with Crippen molar-refractivity contribution in [1.29, 1.82) is 0 Å². The molecule has 1 amide bonds. The second kappa shape index (κ2) is 7.38. The third kappa shape index (κ3) is 4.17. The Balaban J connectivity index is 1.77. The van der Waals surface area contributed by atoms with Crippen molar-refractivity contribution >= 4 is 5.91 Å². The van der Waals surface area contributed by atoms with Crippen LogP contribution in [0.1, 0.15) is 33.1 Å². The first-order chi connectivity index (χ1) is 9.58. The molecule has 2 fully saturated rings. The molecule has 5 nitrogen and oxygen atoms in total. The monoisotopic (exact) mass is 283 g/mol. The molecule has 0 aromatic heterocycles. The average molecular weight is 283 g/mol. The first-order valence-electron chi connectivity index (χ1n) is 7.94. The number of carbonyl (C=O) groups is 1. The van der Waals surface area contributed by atoms with Gasteiger partial charge in [-0.2, -0.15) is 0 Å². The molecule has 2 aliphatic rings. The van der Waals surface area contributed by atoms with Crippen LogP contribution in [0, 0.1) is 5.92 Å². The molecule has 2 rings (SSSR count). The van der Waals surface area contributed by atoms with Gasteiger partial charge in [0.25, 0.3) is 0 Å². The summed E-state index contributed by atoms with van der Waals surface area (Å²) < 4.78 is 5.40. The number of morpholine rings is 1. The molecule has 0 radical (unpaired) electrons. The van der Waals surface area contributed by atoms with E-state index < -0.39 is 0 Å². The minimum absolute atomic E-state index is 0.138. The predicted molar refractivity (Wildman–Crippen MR) is 79.4 cm³/mol. The summed E-state index contributed by atoms with van der Waals surface area (Å²) in [4.78, 5) is 16.8. The van der Waals surface area contributed by atoms with Crippen LogP contribution in [-0.4, -0.2) is 67.2 Å². The van der Waals surface area contributed by atoms with Crippen molar-refractivity contribution in [2.24, 2.45) is 11.7 Å². The highest BCUT2D eigenvalue weighted by Gasteiger charge is 2.29. The van der Waals surface area contributed by atoms with E-state index in [1.54, 1.807) is 0 Å². The molecule has 0 unspecified atom stereocenters. The lowest BCUT2D eigenvalue weighted by Gasteiger charge is -2.40. The number of piperidine rings is 1. The predicted octanol–water partition coefficient (Wildman–Crippen LogP) is 0.683. The van der Waals surface area contributed by atoms with E-state index in [-0.39, 0.29) is 11.9 Å². The van der Waals surface area contributed by atoms with E-state index >= 15 is 0 Å². The Morgan fingerprint density at radius 2 is 1.80 bits per heavy atom. The first-order valence-corrected chi connectivity index (χ1v) is 7.94. The fourth-order valence-electron chi connectivity index (χ4n) is 3.24. The number of carbonyl (C=O) groups excluding carboxylic acids is 1. The fourth-order valence-corrected chi connectivity index (χ4v) is 3.24. The molecular weight excluding hydrogens is 254 g/mol. The Hall–Kier alpha value is -0.650. The van der Waals surface area contributed by atoms with Gasteiger partial charge in [-0.25, -0.2) is 0 Å². The van der Waals surface area contributed by atoms with Gasteiger partial charge in [-0.05, 0) is 25.2 Å². The third-order valence-electron chi connectivity index (χ3n) is 4.38. The largest absolute Gasteiger partial charge is 0.379 e. The lowest BCUT2D eigenvalue weighted by molar-refractivity contribution is -0.134. The van der Waals surface area contributed by atoms with Gasteiger partial charge in [0.2, 0.25) is 5.91 Å². The number of hydrogen-bond acceptors (Lipinski definition) is 4. The number of likely N-dealkylation sites (tertiary alicyclic amines) is 1. The fraction of sp³-hybridized carbons (Fsp3) is 0.933.